The number of nitrogens with zero attached hydrogens (tertiary/aromatic N) is 2. The number of aromatic nitrogens is 2. The molecule has 0 spiro atoms. The zero-order chi connectivity index (χ0) is 13.3. The fraction of sp³-hybridized carbons (Fsp3) is 0.111. The van der Waals surface area contributed by atoms with Gasteiger partial charge in [-0.2, -0.15) is 0 Å². The number of nitrogens with one attached hydrogen (secondary N) is 1. The van der Waals surface area contributed by atoms with E-state index in [-0.39, 0.29) is 15.7 Å². The Morgan fingerprint density at radius 1 is 1.39 bits per heavy atom. The van der Waals surface area contributed by atoms with Gasteiger partial charge in [0.25, 0.3) is 10.0 Å². The van der Waals surface area contributed by atoms with Gasteiger partial charge in [-0.05, 0) is 25.1 Å². The summed E-state index contributed by atoms with van der Waals surface area (Å²) in [5, 5.41) is 8.01. The van der Waals surface area contributed by atoms with Crippen LogP contribution in [0.3, 0.4) is 0 Å². The molecule has 18 heavy (non-hydrogen) atoms. The fourth-order valence-corrected chi connectivity index (χ4v) is 3.21. The number of hydrogen-bond donors (Lipinski definition) is 2. The minimum atomic E-state index is -3.96. The Balaban J connectivity index is 2.39. The lowest BCUT2D eigenvalue weighted by Gasteiger charge is -2.07. The van der Waals surface area contributed by atoms with Crippen LogP contribution in [0.4, 0.5) is 15.2 Å². The predicted molar refractivity (Wildman–Crippen MR) is 66.3 cm³/mol. The lowest BCUT2D eigenvalue weighted by atomic mass is 10.3. The van der Waals surface area contributed by atoms with Crippen molar-refractivity contribution in [2.24, 2.45) is 0 Å². The Labute approximate surface area is 107 Å². The first-order valence-electron chi connectivity index (χ1n) is 4.76. The van der Waals surface area contributed by atoms with Crippen molar-refractivity contribution >= 4 is 32.2 Å². The summed E-state index contributed by atoms with van der Waals surface area (Å²) in [6.45, 7) is 1.69. The predicted octanol–water partition coefficient (Wildman–Crippen LogP) is 1.37. The van der Waals surface area contributed by atoms with Crippen LogP contribution >= 0.6 is 11.3 Å². The van der Waals surface area contributed by atoms with Crippen LogP contribution in [0.2, 0.25) is 0 Å². The number of aryl methyl sites for hydroxylation is 1. The Kier molecular flexibility index (Phi) is 3.18. The zero-order valence-corrected chi connectivity index (χ0v) is 10.8. The topological polar surface area (TPSA) is 98.0 Å². The first kappa shape index (κ1) is 12.7. The molecule has 96 valence electrons. The molecule has 0 aliphatic carbocycles. The van der Waals surface area contributed by atoms with Crippen LogP contribution < -0.4 is 10.5 Å². The van der Waals surface area contributed by atoms with E-state index >= 15 is 0 Å². The van der Waals surface area contributed by atoms with Crippen molar-refractivity contribution in [3.05, 3.63) is 29.0 Å². The van der Waals surface area contributed by atoms with Crippen LogP contribution in [0.15, 0.2) is 23.1 Å². The molecule has 6 nitrogen and oxygen atoms in total. The molecule has 3 N–H and O–H groups in total. The summed E-state index contributed by atoms with van der Waals surface area (Å²) in [6, 6.07) is 3.13. The summed E-state index contributed by atoms with van der Waals surface area (Å²) in [5.41, 5.74) is 5.48. The highest BCUT2D eigenvalue weighted by Crippen LogP contribution is 2.23. The van der Waals surface area contributed by atoms with E-state index in [0.717, 1.165) is 23.5 Å². The van der Waals surface area contributed by atoms with Gasteiger partial charge in [0.2, 0.25) is 5.13 Å². The van der Waals surface area contributed by atoms with E-state index in [1.165, 1.54) is 6.07 Å². The summed E-state index contributed by atoms with van der Waals surface area (Å²) >= 11 is 1.07. The molecule has 0 unspecified atom stereocenters. The third kappa shape index (κ3) is 2.57. The molecule has 2 rings (SSSR count). The average molecular weight is 288 g/mol. The third-order valence-corrected chi connectivity index (χ3v) is 4.29. The molecule has 0 radical (unpaired) electrons. The van der Waals surface area contributed by atoms with Gasteiger partial charge in [0.05, 0.1) is 5.69 Å². The van der Waals surface area contributed by atoms with Gasteiger partial charge in [0.15, 0.2) is 0 Å². The number of hydrogen-bond acceptors (Lipinski definition) is 6. The molecular weight excluding hydrogens is 279 g/mol. The van der Waals surface area contributed by atoms with Crippen molar-refractivity contribution in [3.63, 3.8) is 0 Å². The van der Waals surface area contributed by atoms with Crippen molar-refractivity contribution < 1.29 is 12.8 Å². The van der Waals surface area contributed by atoms with Gasteiger partial charge in [-0.1, -0.05) is 11.3 Å². The van der Waals surface area contributed by atoms with Crippen molar-refractivity contribution in [1.82, 2.24) is 10.2 Å². The van der Waals surface area contributed by atoms with E-state index in [1.54, 1.807) is 6.92 Å². The van der Waals surface area contributed by atoms with Gasteiger partial charge in [0.1, 0.15) is 15.7 Å². The number of rotatable bonds is 3. The summed E-state index contributed by atoms with van der Waals surface area (Å²) in [5.74, 6) is -0.682. The Hall–Kier alpha value is -1.74. The molecule has 0 bridgehead atoms. The van der Waals surface area contributed by atoms with E-state index in [9.17, 15) is 12.8 Å². The number of anilines is 2. The van der Waals surface area contributed by atoms with E-state index in [2.05, 4.69) is 14.9 Å². The quantitative estimate of drug-likeness (QED) is 0.831. The van der Waals surface area contributed by atoms with Crippen molar-refractivity contribution in [3.8, 4) is 0 Å². The Morgan fingerprint density at radius 3 is 2.72 bits per heavy atom. The molecule has 1 aromatic carbocycles. The second-order valence-corrected chi connectivity index (χ2v) is 6.25. The summed E-state index contributed by atoms with van der Waals surface area (Å²) in [7, 11) is -3.96. The molecular formula is C9H9FN4O2S2. The zero-order valence-electron chi connectivity index (χ0n) is 9.21. The first-order valence-corrected chi connectivity index (χ1v) is 7.06. The number of benzene rings is 1. The lowest BCUT2D eigenvalue weighted by molar-refractivity contribution is 0.596. The maximum Gasteiger partial charge on any atom is 0.265 e. The van der Waals surface area contributed by atoms with E-state index in [4.69, 9.17) is 5.73 Å². The lowest BCUT2D eigenvalue weighted by Crippen LogP contribution is -2.15. The van der Waals surface area contributed by atoms with Crippen LogP contribution in [0, 0.1) is 12.7 Å². The van der Waals surface area contributed by atoms with Crippen LogP contribution in [0.25, 0.3) is 0 Å². The minimum absolute atomic E-state index is 0.0369. The Morgan fingerprint density at radius 2 is 2.11 bits per heavy atom. The van der Waals surface area contributed by atoms with Crippen molar-refractivity contribution in [2.75, 3.05) is 10.5 Å². The fourth-order valence-electron chi connectivity index (χ4n) is 1.25. The molecule has 0 saturated heterocycles. The molecule has 2 aromatic rings. The second-order valence-electron chi connectivity index (χ2n) is 3.41. The van der Waals surface area contributed by atoms with Crippen LogP contribution in [-0.4, -0.2) is 18.6 Å². The Bertz CT molecular complexity index is 684. The highest BCUT2D eigenvalue weighted by atomic mass is 32.2. The maximum absolute atomic E-state index is 13.0. The number of halogens is 1. The van der Waals surface area contributed by atoms with E-state index in [0.29, 0.717) is 5.01 Å². The number of sulfonamides is 1. The molecule has 0 saturated carbocycles. The van der Waals surface area contributed by atoms with Gasteiger partial charge in [-0.3, -0.25) is 4.72 Å². The minimum Gasteiger partial charge on any atom is -0.398 e. The highest BCUT2D eigenvalue weighted by molar-refractivity contribution is 7.93. The molecule has 1 aromatic heterocycles. The largest absolute Gasteiger partial charge is 0.398 e. The maximum atomic E-state index is 13.0. The molecule has 0 aliphatic heterocycles. The molecule has 0 atom stereocenters. The van der Waals surface area contributed by atoms with Gasteiger partial charge in [0, 0.05) is 0 Å². The van der Waals surface area contributed by atoms with Crippen LogP contribution in [0.5, 0.6) is 0 Å². The number of nitrogens with two attached hydrogens (primary N) is 1. The average Bonchev–Trinajstić information content (AvgIpc) is 2.66. The summed E-state index contributed by atoms with van der Waals surface area (Å²) in [4.78, 5) is -0.324. The molecule has 9 heteroatoms. The molecule has 1 heterocycles. The van der Waals surface area contributed by atoms with Gasteiger partial charge >= 0.3 is 0 Å². The van der Waals surface area contributed by atoms with Crippen molar-refractivity contribution in [1.29, 1.82) is 0 Å². The molecule has 0 fully saturated rings. The first-order chi connectivity index (χ1) is 8.38. The third-order valence-electron chi connectivity index (χ3n) is 2.01. The summed E-state index contributed by atoms with van der Waals surface area (Å²) < 4.78 is 39.2. The highest BCUT2D eigenvalue weighted by Gasteiger charge is 2.20. The monoisotopic (exact) mass is 288 g/mol. The standard InChI is InChI=1S/C9H9FN4O2S2/c1-5-12-13-9(17-5)14-18(15,16)8-4-6(10)2-3-7(8)11/h2-4H,11H2,1H3,(H,13,14). The van der Waals surface area contributed by atoms with Crippen molar-refractivity contribution in [2.45, 2.75) is 11.8 Å². The van der Waals surface area contributed by atoms with Gasteiger partial charge < -0.3 is 5.73 Å². The molecule has 0 amide bonds. The van der Waals surface area contributed by atoms with Crippen LogP contribution in [-0.2, 0) is 10.0 Å². The van der Waals surface area contributed by atoms with E-state index < -0.39 is 15.8 Å². The summed E-state index contributed by atoms with van der Waals surface area (Å²) in [6.07, 6.45) is 0. The SMILES string of the molecule is Cc1nnc(NS(=O)(=O)c2cc(F)ccc2N)s1. The van der Waals surface area contributed by atoms with E-state index in [1.807, 2.05) is 0 Å². The van der Waals surface area contributed by atoms with Gasteiger partial charge in [-0.25, -0.2) is 12.8 Å². The van der Waals surface area contributed by atoms with Crippen LogP contribution in [0.1, 0.15) is 5.01 Å². The normalized spacial score (nSPS) is 11.4. The molecule has 0 aliphatic rings. The smallest absolute Gasteiger partial charge is 0.265 e. The number of nitrogen functional groups attached to an aromatic ring is 1. The van der Waals surface area contributed by atoms with Gasteiger partial charge in [-0.15, -0.1) is 10.2 Å². The second kappa shape index (κ2) is 4.50.